The third-order valence-electron chi connectivity index (χ3n) is 4.27. The molecule has 0 heterocycles. The van der Waals surface area contributed by atoms with Crippen molar-refractivity contribution in [3.8, 4) is 0 Å². The molecular formula is C12H23NO2. The summed E-state index contributed by atoms with van der Waals surface area (Å²) in [5, 5.41) is 12.2. The highest BCUT2D eigenvalue weighted by Gasteiger charge is 2.68. The van der Waals surface area contributed by atoms with Gasteiger partial charge in [0.2, 0.25) is 5.91 Å². The molecule has 3 heteroatoms. The number of aliphatic hydroxyl groups is 1. The van der Waals surface area contributed by atoms with E-state index in [-0.39, 0.29) is 22.7 Å². The van der Waals surface area contributed by atoms with E-state index in [4.69, 9.17) is 0 Å². The predicted molar refractivity (Wildman–Crippen MR) is 60.4 cm³/mol. The maximum atomic E-state index is 11.8. The molecule has 0 saturated heterocycles. The number of nitrogens with one attached hydrogen (secondary N) is 1. The van der Waals surface area contributed by atoms with Gasteiger partial charge in [0.1, 0.15) is 0 Å². The minimum Gasteiger partial charge on any atom is -0.391 e. The van der Waals surface area contributed by atoms with Crippen molar-refractivity contribution in [2.24, 2.45) is 16.7 Å². The second-order valence-electron chi connectivity index (χ2n) is 5.68. The summed E-state index contributed by atoms with van der Waals surface area (Å²) in [5.41, 5.74) is 0.155. The van der Waals surface area contributed by atoms with Crippen LogP contribution in [0.1, 0.15) is 41.0 Å². The molecule has 1 aliphatic carbocycles. The summed E-state index contributed by atoms with van der Waals surface area (Å²) in [4.78, 5) is 11.8. The molecule has 1 unspecified atom stereocenters. The molecule has 0 aliphatic heterocycles. The molecule has 0 aromatic carbocycles. The number of carbonyl (C=O) groups excluding carboxylic acids is 1. The Hall–Kier alpha value is -0.570. The van der Waals surface area contributed by atoms with Gasteiger partial charge in [0.05, 0.1) is 6.10 Å². The molecule has 1 atom stereocenters. The standard InChI is InChI=1S/C12H23NO2/c1-6-8(14)7-13-10(15)9-11(2,3)12(9,4)5/h8-9,14H,6-7H2,1-5H3,(H,13,15). The van der Waals surface area contributed by atoms with Crippen LogP contribution in [0, 0.1) is 16.7 Å². The van der Waals surface area contributed by atoms with Crippen molar-refractivity contribution in [2.45, 2.75) is 47.1 Å². The van der Waals surface area contributed by atoms with Crippen molar-refractivity contribution in [3.63, 3.8) is 0 Å². The van der Waals surface area contributed by atoms with Crippen LogP contribution in [0.2, 0.25) is 0 Å². The summed E-state index contributed by atoms with van der Waals surface area (Å²) in [6.45, 7) is 10.8. The molecule has 15 heavy (non-hydrogen) atoms. The molecule has 0 aromatic heterocycles. The number of hydrogen-bond donors (Lipinski definition) is 2. The number of amides is 1. The third-order valence-corrected chi connectivity index (χ3v) is 4.27. The van der Waals surface area contributed by atoms with E-state index in [1.165, 1.54) is 0 Å². The average Bonchev–Trinajstić information content (AvgIpc) is 2.53. The molecule has 1 fully saturated rings. The first kappa shape index (κ1) is 12.5. The van der Waals surface area contributed by atoms with Crippen LogP contribution in [0.15, 0.2) is 0 Å². The van der Waals surface area contributed by atoms with Crippen LogP contribution in [-0.4, -0.2) is 23.7 Å². The maximum absolute atomic E-state index is 11.8. The van der Waals surface area contributed by atoms with E-state index in [0.717, 1.165) is 0 Å². The van der Waals surface area contributed by atoms with Gasteiger partial charge in [0.15, 0.2) is 0 Å². The first-order chi connectivity index (χ1) is 6.75. The Morgan fingerprint density at radius 3 is 2.13 bits per heavy atom. The van der Waals surface area contributed by atoms with Crippen molar-refractivity contribution in [1.29, 1.82) is 0 Å². The summed E-state index contributed by atoms with van der Waals surface area (Å²) in [6, 6.07) is 0. The molecular weight excluding hydrogens is 190 g/mol. The Bertz CT molecular complexity index is 244. The van der Waals surface area contributed by atoms with Gasteiger partial charge >= 0.3 is 0 Å². The minimum atomic E-state index is -0.418. The van der Waals surface area contributed by atoms with Crippen molar-refractivity contribution in [3.05, 3.63) is 0 Å². The fraction of sp³-hybridized carbons (Fsp3) is 0.917. The smallest absolute Gasteiger partial charge is 0.224 e. The normalized spacial score (nSPS) is 24.7. The zero-order valence-electron chi connectivity index (χ0n) is 10.4. The molecule has 1 saturated carbocycles. The van der Waals surface area contributed by atoms with Crippen LogP contribution in [0.4, 0.5) is 0 Å². The lowest BCUT2D eigenvalue weighted by molar-refractivity contribution is -0.123. The van der Waals surface area contributed by atoms with E-state index in [1.54, 1.807) is 0 Å². The zero-order valence-corrected chi connectivity index (χ0v) is 10.4. The lowest BCUT2D eigenvalue weighted by Gasteiger charge is -2.10. The first-order valence-electron chi connectivity index (χ1n) is 5.71. The monoisotopic (exact) mass is 213 g/mol. The van der Waals surface area contributed by atoms with E-state index in [2.05, 4.69) is 33.0 Å². The molecule has 3 nitrogen and oxygen atoms in total. The lowest BCUT2D eigenvalue weighted by atomic mass is 10.0. The molecule has 0 aromatic rings. The molecule has 0 spiro atoms. The zero-order chi connectivity index (χ0) is 11.9. The number of carbonyl (C=O) groups is 1. The highest BCUT2D eigenvalue weighted by atomic mass is 16.3. The first-order valence-corrected chi connectivity index (χ1v) is 5.71. The fourth-order valence-electron chi connectivity index (χ4n) is 2.32. The minimum absolute atomic E-state index is 0.0776. The molecule has 0 radical (unpaired) electrons. The molecule has 1 rings (SSSR count). The van der Waals surface area contributed by atoms with Crippen molar-refractivity contribution < 1.29 is 9.90 Å². The maximum Gasteiger partial charge on any atom is 0.224 e. The van der Waals surface area contributed by atoms with Gasteiger partial charge in [-0.1, -0.05) is 34.6 Å². The molecule has 0 bridgehead atoms. The third kappa shape index (κ3) is 2.03. The van der Waals surface area contributed by atoms with Gasteiger partial charge < -0.3 is 10.4 Å². The van der Waals surface area contributed by atoms with Crippen LogP contribution in [0.3, 0.4) is 0 Å². The van der Waals surface area contributed by atoms with Gasteiger partial charge in [-0.15, -0.1) is 0 Å². The highest BCUT2D eigenvalue weighted by Crippen LogP contribution is 2.68. The quantitative estimate of drug-likeness (QED) is 0.744. The van der Waals surface area contributed by atoms with Crippen LogP contribution in [0.25, 0.3) is 0 Å². The van der Waals surface area contributed by atoms with Gasteiger partial charge in [0.25, 0.3) is 0 Å². The molecule has 2 N–H and O–H groups in total. The van der Waals surface area contributed by atoms with Gasteiger partial charge in [-0.05, 0) is 17.3 Å². The highest BCUT2D eigenvalue weighted by molar-refractivity contribution is 5.84. The SMILES string of the molecule is CCC(O)CNC(=O)C1C(C)(C)C1(C)C. The Balaban J connectivity index is 2.45. The predicted octanol–water partition coefficient (Wildman–Crippen LogP) is 1.56. The Morgan fingerprint density at radius 1 is 1.33 bits per heavy atom. The van der Waals surface area contributed by atoms with Crippen molar-refractivity contribution in [2.75, 3.05) is 6.54 Å². The second-order valence-corrected chi connectivity index (χ2v) is 5.68. The topological polar surface area (TPSA) is 49.3 Å². The van der Waals surface area contributed by atoms with Crippen LogP contribution < -0.4 is 5.32 Å². The largest absolute Gasteiger partial charge is 0.391 e. The van der Waals surface area contributed by atoms with E-state index in [1.807, 2.05) is 6.92 Å². The fourth-order valence-corrected chi connectivity index (χ4v) is 2.32. The lowest BCUT2D eigenvalue weighted by Crippen LogP contribution is -2.34. The summed E-state index contributed by atoms with van der Waals surface area (Å²) < 4.78 is 0. The Labute approximate surface area is 92.3 Å². The van der Waals surface area contributed by atoms with Crippen molar-refractivity contribution in [1.82, 2.24) is 5.32 Å². The van der Waals surface area contributed by atoms with E-state index in [9.17, 15) is 9.90 Å². The van der Waals surface area contributed by atoms with Gasteiger partial charge in [0, 0.05) is 12.5 Å². The Kier molecular flexibility index (Phi) is 3.15. The summed E-state index contributed by atoms with van der Waals surface area (Å²) in [6.07, 6.45) is 0.261. The Morgan fingerprint density at radius 2 is 1.80 bits per heavy atom. The molecule has 88 valence electrons. The number of rotatable bonds is 4. The summed E-state index contributed by atoms with van der Waals surface area (Å²) >= 11 is 0. The van der Waals surface area contributed by atoms with E-state index in [0.29, 0.717) is 13.0 Å². The summed E-state index contributed by atoms with van der Waals surface area (Å²) in [7, 11) is 0. The van der Waals surface area contributed by atoms with Gasteiger partial charge in [-0.3, -0.25) is 4.79 Å². The summed E-state index contributed by atoms with van der Waals surface area (Å²) in [5.74, 6) is 0.159. The van der Waals surface area contributed by atoms with E-state index >= 15 is 0 Å². The van der Waals surface area contributed by atoms with Gasteiger partial charge in [-0.2, -0.15) is 0 Å². The van der Waals surface area contributed by atoms with E-state index < -0.39 is 6.10 Å². The van der Waals surface area contributed by atoms with Crippen LogP contribution >= 0.6 is 0 Å². The number of aliphatic hydroxyl groups excluding tert-OH is 1. The van der Waals surface area contributed by atoms with Crippen LogP contribution in [0.5, 0.6) is 0 Å². The number of hydrogen-bond acceptors (Lipinski definition) is 2. The van der Waals surface area contributed by atoms with Crippen molar-refractivity contribution >= 4 is 5.91 Å². The molecule has 1 amide bonds. The average molecular weight is 213 g/mol. The van der Waals surface area contributed by atoms with Crippen LogP contribution in [-0.2, 0) is 4.79 Å². The molecule has 1 aliphatic rings. The van der Waals surface area contributed by atoms with Gasteiger partial charge in [-0.25, -0.2) is 0 Å². The second kappa shape index (κ2) is 3.78.